The molecule has 4 N–H and O–H groups in total. The molecule has 7 heteroatoms. The summed E-state index contributed by atoms with van der Waals surface area (Å²) in [5.41, 5.74) is 11.7. The molecule has 0 aliphatic carbocycles. The van der Waals surface area contributed by atoms with Crippen molar-refractivity contribution in [3.8, 4) is 0 Å². The van der Waals surface area contributed by atoms with Crippen LogP contribution in [0.3, 0.4) is 0 Å². The van der Waals surface area contributed by atoms with Gasteiger partial charge in [-0.3, -0.25) is 14.9 Å². The van der Waals surface area contributed by atoms with Crippen LogP contribution in [0.25, 0.3) is 0 Å². The Labute approximate surface area is 104 Å². The summed E-state index contributed by atoms with van der Waals surface area (Å²) in [6.07, 6.45) is 0.737. The highest BCUT2D eigenvalue weighted by atomic mass is 16.6. The molecule has 1 aromatic carbocycles. The number of anilines is 1. The molecule has 0 radical (unpaired) electrons. The molecule has 1 aliphatic rings. The van der Waals surface area contributed by atoms with E-state index in [-0.39, 0.29) is 28.9 Å². The highest BCUT2D eigenvalue weighted by molar-refractivity contribution is 6.00. The summed E-state index contributed by atoms with van der Waals surface area (Å²) in [6, 6.07) is 3.83. The molecule has 0 aromatic heterocycles. The standard InChI is InChI=1S/C11H14N4O3/c12-7-3-4-14(6-7)11(16)9-5-8(15(17)18)1-2-10(9)13/h1-2,5,7H,3-4,6,12-13H2. The maximum atomic E-state index is 12.2. The molecule has 1 aromatic rings. The van der Waals surface area contributed by atoms with E-state index in [2.05, 4.69) is 0 Å². The van der Waals surface area contributed by atoms with E-state index in [1.807, 2.05) is 0 Å². The van der Waals surface area contributed by atoms with Gasteiger partial charge < -0.3 is 16.4 Å². The first-order valence-electron chi connectivity index (χ1n) is 5.58. The molecular weight excluding hydrogens is 236 g/mol. The Hall–Kier alpha value is -2.15. The summed E-state index contributed by atoms with van der Waals surface area (Å²) in [5.74, 6) is -0.302. The second-order valence-electron chi connectivity index (χ2n) is 4.33. The number of carbonyl (C=O) groups excluding carboxylic acids is 1. The van der Waals surface area contributed by atoms with Crippen molar-refractivity contribution in [1.82, 2.24) is 4.90 Å². The minimum Gasteiger partial charge on any atom is -0.398 e. The Bertz CT molecular complexity index is 503. The van der Waals surface area contributed by atoms with Gasteiger partial charge >= 0.3 is 0 Å². The summed E-state index contributed by atoms with van der Waals surface area (Å²) < 4.78 is 0. The van der Waals surface area contributed by atoms with Gasteiger partial charge in [-0.2, -0.15) is 0 Å². The Morgan fingerprint density at radius 1 is 1.50 bits per heavy atom. The van der Waals surface area contributed by atoms with Gasteiger partial charge in [-0.15, -0.1) is 0 Å². The average Bonchev–Trinajstić information content (AvgIpc) is 2.75. The smallest absolute Gasteiger partial charge is 0.270 e. The number of hydrogen-bond acceptors (Lipinski definition) is 5. The minimum absolute atomic E-state index is 0.0335. The molecule has 0 saturated carbocycles. The molecular formula is C11H14N4O3. The number of amides is 1. The molecule has 1 saturated heterocycles. The van der Waals surface area contributed by atoms with Crippen LogP contribution >= 0.6 is 0 Å². The van der Waals surface area contributed by atoms with E-state index in [0.29, 0.717) is 13.1 Å². The molecule has 2 rings (SSSR count). The van der Waals surface area contributed by atoms with Crippen molar-refractivity contribution in [3.63, 3.8) is 0 Å². The highest BCUT2D eigenvalue weighted by Gasteiger charge is 2.26. The fourth-order valence-corrected chi connectivity index (χ4v) is 1.99. The second kappa shape index (κ2) is 4.61. The van der Waals surface area contributed by atoms with E-state index in [9.17, 15) is 14.9 Å². The largest absolute Gasteiger partial charge is 0.398 e. The maximum absolute atomic E-state index is 12.2. The normalized spacial score (nSPS) is 18.9. The monoisotopic (exact) mass is 250 g/mol. The van der Waals surface area contributed by atoms with Crippen LogP contribution < -0.4 is 11.5 Å². The van der Waals surface area contributed by atoms with Crippen LogP contribution in [0.1, 0.15) is 16.8 Å². The van der Waals surface area contributed by atoms with Crippen molar-refractivity contribution < 1.29 is 9.72 Å². The van der Waals surface area contributed by atoms with Crippen LogP contribution in [-0.4, -0.2) is 34.9 Å². The van der Waals surface area contributed by atoms with Crippen molar-refractivity contribution in [3.05, 3.63) is 33.9 Å². The zero-order valence-corrected chi connectivity index (χ0v) is 9.70. The predicted molar refractivity (Wildman–Crippen MR) is 66.0 cm³/mol. The van der Waals surface area contributed by atoms with Crippen LogP contribution in [0.4, 0.5) is 11.4 Å². The van der Waals surface area contributed by atoms with E-state index in [0.717, 1.165) is 6.42 Å². The first-order valence-corrected chi connectivity index (χ1v) is 5.58. The van der Waals surface area contributed by atoms with Gasteiger partial charge in [-0.1, -0.05) is 0 Å². The first kappa shape index (κ1) is 12.3. The fourth-order valence-electron chi connectivity index (χ4n) is 1.99. The highest BCUT2D eigenvalue weighted by Crippen LogP contribution is 2.22. The number of hydrogen-bond donors (Lipinski definition) is 2. The summed E-state index contributed by atoms with van der Waals surface area (Å²) in [5, 5.41) is 10.7. The molecule has 1 atom stereocenters. The molecule has 0 bridgehead atoms. The third kappa shape index (κ3) is 2.25. The number of nitro benzene ring substituents is 1. The maximum Gasteiger partial charge on any atom is 0.270 e. The van der Waals surface area contributed by atoms with Crippen molar-refractivity contribution in [2.24, 2.45) is 5.73 Å². The molecule has 96 valence electrons. The molecule has 1 unspecified atom stereocenters. The van der Waals surface area contributed by atoms with Crippen LogP contribution in [0.5, 0.6) is 0 Å². The number of likely N-dealkylation sites (tertiary alicyclic amines) is 1. The van der Waals surface area contributed by atoms with Gasteiger partial charge in [0.1, 0.15) is 0 Å². The summed E-state index contributed by atoms with van der Waals surface area (Å²) in [4.78, 5) is 23.9. The van der Waals surface area contributed by atoms with Gasteiger partial charge in [-0.25, -0.2) is 0 Å². The lowest BCUT2D eigenvalue weighted by atomic mass is 10.1. The summed E-state index contributed by atoms with van der Waals surface area (Å²) in [7, 11) is 0. The molecule has 1 heterocycles. The number of nitrogen functional groups attached to an aromatic ring is 1. The van der Waals surface area contributed by atoms with Crippen LogP contribution in [0.15, 0.2) is 18.2 Å². The van der Waals surface area contributed by atoms with Crippen LogP contribution in [0.2, 0.25) is 0 Å². The van der Waals surface area contributed by atoms with Gasteiger partial charge in [0.2, 0.25) is 0 Å². The number of nitrogens with zero attached hydrogens (tertiary/aromatic N) is 2. The van der Waals surface area contributed by atoms with Gasteiger partial charge in [0, 0.05) is 37.0 Å². The molecule has 1 aliphatic heterocycles. The zero-order chi connectivity index (χ0) is 13.3. The lowest BCUT2D eigenvalue weighted by Gasteiger charge is -2.16. The van der Waals surface area contributed by atoms with E-state index in [1.165, 1.54) is 18.2 Å². The summed E-state index contributed by atoms with van der Waals surface area (Å²) in [6.45, 7) is 1.02. The average molecular weight is 250 g/mol. The van der Waals surface area contributed by atoms with Gasteiger partial charge in [0.25, 0.3) is 11.6 Å². The Morgan fingerprint density at radius 2 is 2.22 bits per heavy atom. The van der Waals surface area contributed by atoms with E-state index in [1.54, 1.807) is 4.90 Å². The first-order chi connectivity index (χ1) is 8.49. The van der Waals surface area contributed by atoms with E-state index in [4.69, 9.17) is 11.5 Å². The Balaban J connectivity index is 2.29. The second-order valence-corrected chi connectivity index (χ2v) is 4.33. The number of nitro groups is 1. The molecule has 1 amide bonds. The topological polar surface area (TPSA) is 115 Å². The SMILES string of the molecule is Nc1ccc([N+](=O)[O-])cc1C(=O)N1CCC(N)C1. The number of non-ortho nitro benzene ring substituents is 1. The molecule has 0 spiro atoms. The Morgan fingerprint density at radius 3 is 2.78 bits per heavy atom. The fraction of sp³-hybridized carbons (Fsp3) is 0.364. The van der Waals surface area contributed by atoms with Crippen molar-refractivity contribution in [1.29, 1.82) is 0 Å². The summed E-state index contributed by atoms with van der Waals surface area (Å²) >= 11 is 0. The van der Waals surface area contributed by atoms with Gasteiger partial charge in [-0.05, 0) is 12.5 Å². The van der Waals surface area contributed by atoms with E-state index < -0.39 is 4.92 Å². The number of rotatable bonds is 2. The number of carbonyl (C=O) groups is 1. The lowest BCUT2D eigenvalue weighted by molar-refractivity contribution is -0.384. The predicted octanol–water partition coefficient (Wildman–Crippen LogP) is 0.350. The lowest BCUT2D eigenvalue weighted by Crippen LogP contribution is -2.32. The van der Waals surface area contributed by atoms with Crippen molar-refractivity contribution in [2.75, 3.05) is 18.8 Å². The van der Waals surface area contributed by atoms with Gasteiger partial charge in [0.05, 0.1) is 10.5 Å². The third-order valence-electron chi connectivity index (χ3n) is 2.99. The number of nitrogens with two attached hydrogens (primary N) is 2. The molecule has 1 fully saturated rings. The van der Waals surface area contributed by atoms with Crippen LogP contribution in [0, 0.1) is 10.1 Å². The van der Waals surface area contributed by atoms with Crippen molar-refractivity contribution in [2.45, 2.75) is 12.5 Å². The van der Waals surface area contributed by atoms with Gasteiger partial charge in [0.15, 0.2) is 0 Å². The van der Waals surface area contributed by atoms with E-state index >= 15 is 0 Å². The van der Waals surface area contributed by atoms with Crippen molar-refractivity contribution >= 4 is 17.3 Å². The minimum atomic E-state index is -0.550. The molecule has 18 heavy (non-hydrogen) atoms. The zero-order valence-electron chi connectivity index (χ0n) is 9.70. The quantitative estimate of drug-likeness (QED) is 0.446. The molecule has 7 nitrogen and oxygen atoms in total. The number of benzene rings is 1. The van der Waals surface area contributed by atoms with Crippen LogP contribution in [-0.2, 0) is 0 Å². The third-order valence-corrected chi connectivity index (χ3v) is 2.99. The Kier molecular flexibility index (Phi) is 3.15.